The number of pyridine rings is 1. The van der Waals surface area contributed by atoms with Crippen LogP contribution in [0.5, 0.6) is 0 Å². The molecule has 0 amide bonds. The molecular formula is C9H14N2O2. The molecule has 1 rings (SSSR count). The molecule has 0 saturated carbocycles. The molecule has 0 aromatic carbocycles. The van der Waals surface area contributed by atoms with Gasteiger partial charge in [-0.15, -0.1) is 0 Å². The van der Waals surface area contributed by atoms with Crippen LogP contribution in [0.3, 0.4) is 0 Å². The first-order valence-electron chi connectivity index (χ1n) is 4.10. The van der Waals surface area contributed by atoms with E-state index < -0.39 is 0 Å². The van der Waals surface area contributed by atoms with Gasteiger partial charge in [0.1, 0.15) is 5.82 Å². The van der Waals surface area contributed by atoms with E-state index in [1.807, 2.05) is 6.07 Å². The van der Waals surface area contributed by atoms with Crippen molar-refractivity contribution in [1.82, 2.24) is 4.98 Å². The number of rotatable bonds is 5. The summed E-state index contributed by atoms with van der Waals surface area (Å²) in [5.41, 5.74) is 6.45. The van der Waals surface area contributed by atoms with Crippen molar-refractivity contribution in [3.05, 3.63) is 23.9 Å². The number of methoxy groups -OCH3 is 1. The largest absolute Gasteiger partial charge is 0.384 e. The van der Waals surface area contributed by atoms with E-state index in [1.54, 1.807) is 19.4 Å². The fourth-order valence-electron chi connectivity index (χ4n) is 0.854. The molecule has 0 aliphatic rings. The van der Waals surface area contributed by atoms with Crippen LogP contribution in [0.2, 0.25) is 0 Å². The van der Waals surface area contributed by atoms with Crippen LogP contribution in [0.1, 0.15) is 5.56 Å². The summed E-state index contributed by atoms with van der Waals surface area (Å²) in [5.74, 6) is 0.528. The Morgan fingerprint density at radius 1 is 1.38 bits per heavy atom. The summed E-state index contributed by atoms with van der Waals surface area (Å²) >= 11 is 0. The average molecular weight is 182 g/mol. The predicted molar refractivity (Wildman–Crippen MR) is 50.2 cm³/mol. The Labute approximate surface area is 77.7 Å². The maximum Gasteiger partial charge on any atom is 0.123 e. The van der Waals surface area contributed by atoms with E-state index in [1.165, 1.54) is 0 Å². The Morgan fingerprint density at radius 2 is 2.23 bits per heavy atom. The van der Waals surface area contributed by atoms with Gasteiger partial charge in [-0.3, -0.25) is 0 Å². The molecule has 1 heterocycles. The molecule has 1 aromatic heterocycles. The molecule has 0 fully saturated rings. The molecule has 0 unspecified atom stereocenters. The minimum absolute atomic E-state index is 0.528. The third-order valence-corrected chi connectivity index (χ3v) is 1.55. The molecule has 0 radical (unpaired) electrons. The Morgan fingerprint density at radius 3 is 2.85 bits per heavy atom. The van der Waals surface area contributed by atoms with Gasteiger partial charge < -0.3 is 15.2 Å². The standard InChI is InChI=1S/C9H14N2O2/c1-12-4-5-13-7-8-2-3-9(10)11-6-8/h2-3,6H,4-5,7H2,1H3,(H2,10,11). The molecule has 0 bridgehead atoms. The van der Waals surface area contributed by atoms with Crippen molar-refractivity contribution < 1.29 is 9.47 Å². The predicted octanol–water partition coefficient (Wildman–Crippen LogP) is 0.827. The molecule has 2 N–H and O–H groups in total. The number of anilines is 1. The number of aromatic nitrogens is 1. The summed E-state index contributed by atoms with van der Waals surface area (Å²) < 4.78 is 10.1. The van der Waals surface area contributed by atoms with E-state index in [-0.39, 0.29) is 0 Å². The lowest BCUT2D eigenvalue weighted by atomic mass is 10.3. The van der Waals surface area contributed by atoms with Crippen LogP contribution in [0.15, 0.2) is 18.3 Å². The normalized spacial score (nSPS) is 10.2. The zero-order chi connectivity index (χ0) is 9.52. The molecule has 4 nitrogen and oxygen atoms in total. The van der Waals surface area contributed by atoms with Gasteiger partial charge in [0.15, 0.2) is 0 Å². The van der Waals surface area contributed by atoms with E-state index >= 15 is 0 Å². The highest BCUT2D eigenvalue weighted by atomic mass is 16.5. The summed E-state index contributed by atoms with van der Waals surface area (Å²) in [6, 6.07) is 3.66. The molecule has 72 valence electrons. The summed E-state index contributed by atoms with van der Waals surface area (Å²) in [7, 11) is 1.65. The Balaban J connectivity index is 2.25. The van der Waals surface area contributed by atoms with E-state index in [4.69, 9.17) is 15.2 Å². The molecule has 13 heavy (non-hydrogen) atoms. The molecule has 1 aromatic rings. The highest BCUT2D eigenvalue weighted by Crippen LogP contribution is 2.02. The fraction of sp³-hybridized carbons (Fsp3) is 0.444. The van der Waals surface area contributed by atoms with Crippen LogP contribution in [0, 0.1) is 0 Å². The van der Waals surface area contributed by atoms with Gasteiger partial charge in [0.2, 0.25) is 0 Å². The minimum atomic E-state index is 0.528. The molecule has 0 atom stereocenters. The van der Waals surface area contributed by atoms with Gasteiger partial charge in [-0.25, -0.2) is 4.98 Å². The third kappa shape index (κ3) is 3.87. The smallest absolute Gasteiger partial charge is 0.123 e. The number of ether oxygens (including phenoxy) is 2. The minimum Gasteiger partial charge on any atom is -0.384 e. The van der Waals surface area contributed by atoms with Crippen LogP contribution in [0.25, 0.3) is 0 Å². The van der Waals surface area contributed by atoms with Gasteiger partial charge in [0, 0.05) is 13.3 Å². The number of nitrogens with two attached hydrogens (primary N) is 1. The highest BCUT2D eigenvalue weighted by Gasteiger charge is 1.93. The van der Waals surface area contributed by atoms with Crippen LogP contribution >= 0.6 is 0 Å². The van der Waals surface area contributed by atoms with Crippen molar-refractivity contribution in [2.45, 2.75) is 6.61 Å². The second-order valence-corrected chi connectivity index (χ2v) is 2.64. The van der Waals surface area contributed by atoms with Gasteiger partial charge in [-0.05, 0) is 11.6 Å². The topological polar surface area (TPSA) is 57.4 Å². The second kappa shape index (κ2) is 5.50. The van der Waals surface area contributed by atoms with Crippen LogP contribution < -0.4 is 5.73 Å². The summed E-state index contributed by atoms with van der Waals surface area (Å²) in [5, 5.41) is 0. The van der Waals surface area contributed by atoms with Gasteiger partial charge in [0.05, 0.1) is 19.8 Å². The van der Waals surface area contributed by atoms with Crippen molar-refractivity contribution in [2.24, 2.45) is 0 Å². The Kier molecular flexibility index (Phi) is 4.21. The zero-order valence-corrected chi connectivity index (χ0v) is 7.69. The number of hydrogen-bond donors (Lipinski definition) is 1. The zero-order valence-electron chi connectivity index (χ0n) is 7.69. The second-order valence-electron chi connectivity index (χ2n) is 2.64. The lowest BCUT2D eigenvalue weighted by molar-refractivity contribution is 0.0615. The van der Waals surface area contributed by atoms with Gasteiger partial charge in [0.25, 0.3) is 0 Å². The van der Waals surface area contributed by atoms with Gasteiger partial charge in [-0.2, -0.15) is 0 Å². The van der Waals surface area contributed by atoms with E-state index in [0.29, 0.717) is 25.6 Å². The van der Waals surface area contributed by atoms with Gasteiger partial charge >= 0.3 is 0 Å². The van der Waals surface area contributed by atoms with Crippen molar-refractivity contribution in [1.29, 1.82) is 0 Å². The molecule has 0 aliphatic heterocycles. The lowest BCUT2D eigenvalue weighted by Crippen LogP contribution is -2.02. The average Bonchev–Trinajstić information content (AvgIpc) is 2.15. The molecule has 4 heteroatoms. The van der Waals surface area contributed by atoms with Crippen molar-refractivity contribution >= 4 is 5.82 Å². The molecule has 0 spiro atoms. The third-order valence-electron chi connectivity index (χ3n) is 1.55. The van der Waals surface area contributed by atoms with Gasteiger partial charge in [-0.1, -0.05) is 6.07 Å². The molecule has 0 aliphatic carbocycles. The SMILES string of the molecule is COCCOCc1ccc(N)nc1. The first-order valence-corrected chi connectivity index (χ1v) is 4.10. The van der Waals surface area contributed by atoms with Crippen molar-refractivity contribution in [3.8, 4) is 0 Å². The number of nitrogen functional groups attached to an aromatic ring is 1. The lowest BCUT2D eigenvalue weighted by Gasteiger charge is -2.03. The van der Waals surface area contributed by atoms with Crippen molar-refractivity contribution in [2.75, 3.05) is 26.1 Å². The first-order chi connectivity index (χ1) is 6.33. The number of nitrogens with zero attached hydrogens (tertiary/aromatic N) is 1. The maximum atomic E-state index is 5.43. The van der Waals surface area contributed by atoms with E-state index in [0.717, 1.165) is 5.56 Å². The van der Waals surface area contributed by atoms with E-state index in [9.17, 15) is 0 Å². The monoisotopic (exact) mass is 182 g/mol. The molecular weight excluding hydrogens is 168 g/mol. The van der Waals surface area contributed by atoms with E-state index in [2.05, 4.69) is 4.98 Å². The maximum absolute atomic E-state index is 5.43. The van der Waals surface area contributed by atoms with Crippen LogP contribution in [-0.4, -0.2) is 25.3 Å². The number of hydrogen-bond acceptors (Lipinski definition) is 4. The van der Waals surface area contributed by atoms with Crippen LogP contribution in [-0.2, 0) is 16.1 Å². The highest BCUT2D eigenvalue weighted by molar-refractivity contribution is 5.28. The Hall–Kier alpha value is -1.13. The summed E-state index contributed by atoms with van der Waals surface area (Å²) in [6.07, 6.45) is 1.71. The first kappa shape index (κ1) is 9.95. The Bertz CT molecular complexity index is 236. The fourth-order valence-corrected chi connectivity index (χ4v) is 0.854. The summed E-state index contributed by atoms with van der Waals surface area (Å²) in [4.78, 5) is 3.94. The van der Waals surface area contributed by atoms with Crippen LogP contribution in [0.4, 0.5) is 5.82 Å². The quantitative estimate of drug-likeness (QED) is 0.685. The van der Waals surface area contributed by atoms with Crippen molar-refractivity contribution in [3.63, 3.8) is 0 Å². The molecule has 0 saturated heterocycles. The summed E-state index contributed by atoms with van der Waals surface area (Å²) in [6.45, 7) is 1.76.